The van der Waals surface area contributed by atoms with Gasteiger partial charge in [-0.25, -0.2) is 9.97 Å². The molecule has 1 saturated carbocycles. The lowest BCUT2D eigenvalue weighted by molar-refractivity contribution is 0.514. The second-order valence-corrected chi connectivity index (χ2v) is 7.72. The van der Waals surface area contributed by atoms with E-state index in [-0.39, 0.29) is 11.6 Å². The Hall–Kier alpha value is -3.00. The highest BCUT2D eigenvalue weighted by molar-refractivity contribution is 5.71. The van der Waals surface area contributed by atoms with Crippen LogP contribution in [0.4, 0.5) is 17.3 Å². The zero-order valence-electron chi connectivity index (χ0n) is 16.3. The van der Waals surface area contributed by atoms with Gasteiger partial charge in [0.05, 0.1) is 12.4 Å². The quantitative estimate of drug-likeness (QED) is 0.706. The first-order chi connectivity index (χ1) is 14.3. The number of rotatable bonds is 4. The second-order valence-electron chi connectivity index (χ2n) is 7.72. The summed E-state index contributed by atoms with van der Waals surface area (Å²) in [5, 5.41) is 6.64. The van der Waals surface area contributed by atoms with E-state index in [0.717, 1.165) is 57.5 Å². The van der Waals surface area contributed by atoms with Gasteiger partial charge in [-0.15, -0.1) is 0 Å². The van der Waals surface area contributed by atoms with Crippen molar-refractivity contribution in [3.8, 4) is 0 Å². The highest BCUT2D eigenvalue weighted by atomic mass is 16.1. The number of piperazine rings is 1. The molecule has 1 aliphatic heterocycles. The molecule has 2 fully saturated rings. The third-order valence-electron chi connectivity index (χ3n) is 5.83. The minimum Gasteiger partial charge on any atom is -0.369 e. The van der Waals surface area contributed by atoms with Gasteiger partial charge in [0.15, 0.2) is 5.65 Å². The minimum atomic E-state index is -0.0885. The van der Waals surface area contributed by atoms with Crippen molar-refractivity contribution < 1.29 is 0 Å². The van der Waals surface area contributed by atoms with Gasteiger partial charge >= 0.3 is 0 Å². The van der Waals surface area contributed by atoms with Crippen molar-refractivity contribution in [1.82, 2.24) is 24.8 Å². The molecule has 8 heteroatoms. The Morgan fingerprint density at radius 3 is 2.52 bits per heavy atom. The first kappa shape index (κ1) is 18.1. The predicted octanol–water partition coefficient (Wildman–Crippen LogP) is 2.45. The van der Waals surface area contributed by atoms with E-state index in [1.165, 1.54) is 11.9 Å². The molecule has 0 spiro atoms. The van der Waals surface area contributed by atoms with E-state index < -0.39 is 0 Å². The summed E-state index contributed by atoms with van der Waals surface area (Å²) in [5.41, 5.74) is 3.31. The van der Waals surface area contributed by atoms with Gasteiger partial charge in [-0.2, -0.15) is 4.98 Å². The number of benzene rings is 1. The maximum Gasteiger partial charge on any atom is 0.270 e. The largest absolute Gasteiger partial charge is 0.369 e. The topological polar surface area (TPSA) is 88.0 Å². The Bertz CT molecular complexity index is 1050. The van der Waals surface area contributed by atoms with Gasteiger partial charge in [0.25, 0.3) is 5.56 Å². The number of anilines is 3. The standard InChI is InChI=1S/C21H25N7O/c29-19-14-23-18-13-24-21(26-20(18)28(19)17-3-1-2-4-17)25-15-5-7-16(8-6-15)27-11-9-22-10-12-27/h5-8,13-14,17,22H,1-4,9-12H2,(H,24,25,26). The molecule has 1 saturated heterocycles. The summed E-state index contributed by atoms with van der Waals surface area (Å²) in [6.07, 6.45) is 7.39. The van der Waals surface area contributed by atoms with Crippen molar-refractivity contribution in [2.24, 2.45) is 0 Å². The van der Waals surface area contributed by atoms with Gasteiger partial charge in [-0.3, -0.25) is 9.36 Å². The normalized spacial score (nSPS) is 17.7. The fraction of sp³-hybridized carbons (Fsp3) is 0.429. The molecule has 8 nitrogen and oxygen atoms in total. The molecular weight excluding hydrogens is 366 g/mol. The van der Waals surface area contributed by atoms with E-state index in [4.69, 9.17) is 0 Å². The smallest absolute Gasteiger partial charge is 0.270 e. The summed E-state index contributed by atoms with van der Waals surface area (Å²) in [6, 6.07) is 8.51. The Kier molecular flexibility index (Phi) is 4.85. The summed E-state index contributed by atoms with van der Waals surface area (Å²) in [5.74, 6) is 0.478. The average molecular weight is 391 g/mol. The predicted molar refractivity (Wildman–Crippen MR) is 114 cm³/mol. The van der Waals surface area contributed by atoms with E-state index in [0.29, 0.717) is 17.1 Å². The maximum absolute atomic E-state index is 12.5. The Balaban J connectivity index is 1.41. The van der Waals surface area contributed by atoms with Crippen LogP contribution in [-0.2, 0) is 0 Å². The molecule has 0 atom stereocenters. The van der Waals surface area contributed by atoms with E-state index in [1.54, 1.807) is 10.8 Å². The number of hydrogen-bond donors (Lipinski definition) is 2. The highest BCUT2D eigenvalue weighted by Gasteiger charge is 2.21. The molecule has 5 rings (SSSR count). The van der Waals surface area contributed by atoms with Crippen LogP contribution >= 0.6 is 0 Å². The van der Waals surface area contributed by atoms with Crippen LogP contribution in [0, 0.1) is 0 Å². The molecule has 3 aromatic rings. The van der Waals surface area contributed by atoms with Crippen LogP contribution in [0.2, 0.25) is 0 Å². The Morgan fingerprint density at radius 2 is 1.76 bits per heavy atom. The lowest BCUT2D eigenvalue weighted by Crippen LogP contribution is -2.43. The van der Waals surface area contributed by atoms with Crippen molar-refractivity contribution in [1.29, 1.82) is 0 Å². The monoisotopic (exact) mass is 391 g/mol. The summed E-state index contributed by atoms with van der Waals surface area (Å²) in [6.45, 7) is 4.07. The fourth-order valence-electron chi connectivity index (χ4n) is 4.31. The number of nitrogens with zero attached hydrogens (tertiary/aromatic N) is 5. The average Bonchev–Trinajstić information content (AvgIpc) is 3.29. The molecule has 2 N–H and O–H groups in total. The molecular formula is C21H25N7O. The Morgan fingerprint density at radius 1 is 1.00 bits per heavy atom. The van der Waals surface area contributed by atoms with Crippen molar-refractivity contribution in [3.63, 3.8) is 0 Å². The van der Waals surface area contributed by atoms with Crippen molar-refractivity contribution in [3.05, 3.63) is 47.0 Å². The van der Waals surface area contributed by atoms with Crippen molar-refractivity contribution >= 4 is 28.5 Å². The third kappa shape index (κ3) is 3.67. The van der Waals surface area contributed by atoms with Gasteiger partial charge in [-0.1, -0.05) is 12.8 Å². The number of aromatic nitrogens is 4. The van der Waals surface area contributed by atoms with Crippen molar-refractivity contribution in [2.75, 3.05) is 36.4 Å². The van der Waals surface area contributed by atoms with Crippen LogP contribution in [0.3, 0.4) is 0 Å². The summed E-state index contributed by atoms with van der Waals surface area (Å²) < 4.78 is 1.80. The second kappa shape index (κ2) is 7.79. The van der Waals surface area contributed by atoms with Crippen LogP contribution in [0.25, 0.3) is 11.2 Å². The summed E-state index contributed by atoms with van der Waals surface area (Å²) in [4.78, 5) is 28.1. The molecule has 29 heavy (non-hydrogen) atoms. The maximum atomic E-state index is 12.5. The lowest BCUT2D eigenvalue weighted by atomic mass is 10.2. The summed E-state index contributed by atoms with van der Waals surface area (Å²) in [7, 11) is 0. The van der Waals surface area contributed by atoms with Gasteiger partial charge in [0.1, 0.15) is 5.52 Å². The molecule has 0 bridgehead atoms. The molecule has 2 aliphatic rings. The first-order valence-corrected chi connectivity index (χ1v) is 10.3. The van der Waals surface area contributed by atoms with E-state index >= 15 is 0 Å². The van der Waals surface area contributed by atoms with Gasteiger partial charge < -0.3 is 15.5 Å². The van der Waals surface area contributed by atoms with Crippen LogP contribution in [0.5, 0.6) is 0 Å². The van der Waals surface area contributed by atoms with E-state index in [1.807, 2.05) is 12.1 Å². The van der Waals surface area contributed by atoms with Gasteiger partial charge in [0.2, 0.25) is 5.95 Å². The van der Waals surface area contributed by atoms with Crippen LogP contribution in [-0.4, -0.2) is 45.7 Å². The van der Waals surface area contributed by atoms with E-state index in [2.05, 4.69) is 42.6 Å². The van der Waals surface area contributed by atoms with Gasteiger partial charge in [-0.05, 0) is 37.1 Å². The first-order valence-electron chi connectivity index (χ1n) is 10.3. The lowest BCUT2D eigenvalue weighted by Gasteiger charge is -2.29. The van der Waals surface area contributed by atoms with Crippen LogP contribution in [0.1, 0.15) is 31.7 Å². The minimum absolute atomic E-state index is 0.0885. The highest BCUT2D eigenvalue weighted by Crippen LogP contribution is 2.30. The van der Waals surface area contributed by atoms with E-state index in [9.17, 15) is 4.79 Å². The molecule has 2 aromatic heterocycles. The molecule has 150 valence electrons. The van der Waals surface area contributed by atoms with Crippen LogP contribution in [0.15, 0.2) is 41.5 Å². The van der Waals surface area contributed by atoms with Gasteiger partial charge in [0, 0.05) is 43.6 Å². The molecule has 0 amide bonds. The third-order valence-corrected chi connectivity index (χ3v) is 5.83. The number of nitrogens with one attached hydrogen (secondary N) is 2. The zero-order valence-corrected chi connectivity index (χ0v) is 16.3. The molecule has 1 aliphatic carbocycles. The zero-order chi connectivity index (χ0) is 19.6. The molecule has 0 radical (unpaired) electrons. The fourth-order valence-corrected chi connectivity index (χ4v) is 4.31. The molecule has 0 unspecified atom stereocenters. The molecule has 3 heterocycles. The van der Waals surface area contributed by atoms with Crippen LogP contribution < -0.4 is 21.1 Å². The Labute approximate surface area is 169 Å². The van der Waals surface area contributed by atoms with Crippen molar-refractivity contribution in [2.45, 2.75) is 31.7 Å². The SMILES string of the molecule is O=c1cnc2cnc(Nc3ccc(N4CCNCC4)cc3)nc2n1C1CCCC1. The summed E-state index contributed by atoms with van der Waals surface area (Å²) >= 11 is 0. The number of hydrogen-bond acceptors (Lipinski definition) is 7. The molecule has 1 aromatic carbocycles. The number of fused-ring (bicyclic) bond motifs is 1.